The number of ether oxygens (including phenoxy) is 2. The molecule has 0 saturated carbocycles. The van der Waals surface area contributed by atoms with Crippen LogP contribution in [0.25, 0.3) is 10.9 Å². The molecule has 180 valence electrons. The number of hydrogen-bond donors (Lipinski definition) is 1. The minimum absolute atomic E-state index is 0.0537. The van der Waals surface area contributed by atoms with Crippen LogP contribution >= 0.6 is 0 Å². The van der Waals surface area contributed by atoms with E-state index in [1.165, 1.54) is 0 Å². The summed E-state index contributed by atoms with van der Waals surface area (Å²) >= 11 is 0. The molecule has 1 unspecified atom stereocenters. The quantitative estimate of drug-likeness (QED) is 0.481. The van der Waals surface area contributed by atoms with Crippen LogP contribution in [0.2, 0.25) is 0 Å². The number of amides is 1. The van der Waals surface area contributed by atoms with Gasteiger partial charge in [-0.15, -0.1) is 5.10 Å². The molecule has 0 radical (unpaired) electrons. The third kappa shape index (κ3) is 4.17. The molecule has 2 aliphatic heterocycles. The van der Waals surface area contributed by atoms with Gasteiger partial charge in [-0.3, -0.25) is 9.69 Å². The number of carbonyl (C=O) groups is 1. The van der Waals surface area contributed by atoms with Gasteiger partial charge in [-0.25, -0.2) is 4.68 Å². The third-order valence-electron chi connectivity index (χ3n) is 7.02. The molecule has 35 heavy (non-hydrogen) atoms. The predicted molar refractivity (Wildman–Crippen MR) is 130 cm³/mol. The molecule has 2 aliphatic rings. The van der Waals surface area contributed by atoms with E-state index in [0.29, 0.717) is 32.8 Å². The van der Waals surface area contributed by atoms with Gasteiger partial charge in [-0.2, -0.15) is 0 Å². The monoisotopic (exact) mass is 472 g/mol. The Morgan fingerprint density at radius 2 is 1.94 bits per heavy atom. The van der Waals surface area contributed by atoms with Gasteiger partial charge >= 0.3 is 0 Å². The van der Waals surface area contributed by atoms with Crippen molar-refractivity contribution in [3.05, 3.63) is 77.2 Å². The molecular formula is C26H28N6O3. The van der Waals surface area contributed by atoms with Gasteiger partial charge in [-0.1, -0.05) is 23.4 Å². The van der Waals surface area contributed by atoms with E-state index >= 15 is 0 Å². The van der Waals surface area contributed by atoms with E-state index in [1.807, 2.05) is 64.3 Å². The average Bonchev–Trinajstić information content (AvgIpc) is 3.55. The molecule has 2 aromatic carbocycles. The standard InChI is InChI=1S/C26H28N6O3/c1-34-19-7-5-18(6-8-19)25-16-32-24(17-35-25)23(28-29-32)15-30-11-13-31(14-12-30)26(33)21-3-2-4-22-20(21)9-10-27-22/h2-10,25,27H,11-17H2,1H3. The molecule has 2 aromatic heterocycles. The number of H-pyrrole nitrogens is 1. The highest BCUT2D eigenvalue weighted by Gasteiger charge is 2.28. The zero-order valence-corrected chi connectivity index (χ0v) is 19.7. The van der Waals surface area contributed by atoms with E-state index in [0.717, 1.165) is 52.3 Å². The number of aromatic amines is 1. The molecule has 1 saturated heterocycles. The fourth-order valence-electron chi connectivity index (χ4n) is 4.97. The summed E-state index contributed by atoms with van der Waals surface area (Å²) in [4.78, 5) is 20.6. The molecule has 0 bridgehead atoms. The van der Waals surface area contributed by atoms with Crippen molar-refractivity contribution >= 4 is 16.8 Å². The number of piperazine rings is 1. The van der Waals surface area contributed by atoms with Crippen molar-refractivity contribution in [2.75, 3.05) is 33.3 Å². The number of rotatable bonds is 5. The van der Waals surface area contributed by atoms with Crippen LogP contribution in [0.4, 0.5) is 0 Å². The van der Waals surface area contributed by atoms with Crippen molar-refractivity contribution in [2.24, 2.45) is 0 Å². The van der Waals surface area contributed by atoms with Crippen molar-refractivity contribution in [3.8, 4) is 5.75 Å². The maximum absolute atomic E-state index is 13.2. The van der Waals surface area contributed by atoms with Gasteiger partial charge in [0, 0.05) is 55.4 Å². The third-order valence-corrected chi connectivity index (χ3v) is 7.02. The molecule has 4 aromatic rings. The Morgan fingerprint density at radius 3 is 2.74 bits per heavy atom. The number of benzene rings is 2. The first-order valence-corrected chi connectivity index (χ1v) is 11.9. The van der Waals surface area contributed by atoms with Gasteiger partial charge < -0.3 is 19.4 Å². The summed E-state index contributed by atoms with van der Waals surface area (Å²) in [7, 11) is 1.66. The van der Waals surface area contributed by atoms with E-state index in [-0.39, 0.29) is 12.0 Å². The van der Waals surface area contributed by atoms with Crippen molar-refractivity contribution in [2.45, 2.75) is 25.8 Å². The highest BCUT2D eigenvalue weighted by atomic mass is 16.5. The Kier molecular flexibility index (Phi) is 5.71. The lowest BCUT2D eigenvalue weighted by molar-refractivity contribution is -0.00222. The summed E-state index contributed by atoms with van der Waals surface area (Å²) < 4.78 is 13.4. The normalized spacial score (nSPS) is 18.5. The topological polar surface area (TPSA) is 88.5 Å². The number of nitrogens with one attached hydrogen (secondary N) is 1. The summed E-state index contributed by atoms with van der Waals surface area (Å²) in [5, 5.41) is 9.85. The fourth-order valence-corrected chi connectivity index (χ4v) is 4.97. The summed E-state index contributed by atoms with van der Waals surface area (Å²) in [5.74, 6) is 0.922. The predicted octanol–water partition coefficient (Wildman–Crippen LogP) is 3.00. The molecule has 1 N–H and O–H groups in total. The number of aromatic nitrogens is 4. The summed E-state index contributed by atoms with van der Waals surface area (Å²) in [6, 6.07) is 15.8. The largest absolute Gasteiger partial charge is 0.497 e. The van der Waals surface area contributed by atoms with Crippen molar-refractivity contribution < 1.29 is 14.3 Å². The fraction of sp³-hybridized carbons (Fsp3) is 0.346. The molecule has 9 nitrogen and oxygen atoms in total. The van der Waals surface area contributed by atoms with Crippen LogP contribution < -0.4 is 4.74 Å². The lowest BCUT2D eigenvalue weighted by atomic mass is 10.1. The maximum atomic E-state index is 13.2. The molecule has 4 heterocycles. The Balaban J connectivity index is 1.07. The minimum Gasteiger partial charge on any atom is -0.497 e. The van der Waals surface area contributed by atoms with Crippen LogP contribution in [0.1, 0.15) is 33.4 Å². The second-order valence-corrected chi connectivity index (χ2v) is 9.05. The van der Waals surface area contributed by atoms with Crippen LogP contribution in [0.5, 0.6) is 5.75 Å². The van der Waals surface area contributed by atoms with E-state index in [4.69, 9.17) is 9.47 Å². The number of hydrogen-bond acceptors (Lipinski definition) is 6. The van der Waals surface area contributed by atoms with Crippen molar-refractivity contribution in [1.29, 1.82) is 0 Å². The first kappa shape index (κ1) is 21.8. The van der Waals surface area contributed by atoms with Crippen LogP contribution in [-0.4, -0.2) is 69.0 Å². The van der Waals surface area contributed by atoms with Crippen LogP contribution in [0, 0.1) is 0 Å². The first-order valence-electron chi connectivity index (χ1n) is 11.9. The summed E-state index contributed by atoms with van der Waals surface area (Å²) in [5.41, 5.74) is 4.84. The van der Waals surface area contributed by atoms with Gasteiger partial charge in [-0.05, 0) is 35.9 Å². The SMILES string of the molecule is COc1ccc(C2Cn3nnc(CN4CCN(C(=O)c5cccc6[nH]ccc56)CC4)c3CO2)cc1. The Bertz CT molecular complexity index is 1340. The van der Waals surface area contributed by atoms with Gasteiger partial charge in [0.2, 0.25) is 0 Å². The van der Waals surface area contributed by atoms with Crippen LogP contribution in [-0.2, 0) is 24.4 Å². The Hall–Kier alpha value is -3.69. The second-order valence-electron chi connectivity index (χ2n) is 9.05. The van der Waals surface area contributed by atoms with Gasteiger partial charge in [0.15, 0.2) is 0 Å². The van der Waals surface area contributed by atoms with E-state index in [2.05, 4.69) is 20.2 Å². The highest BCUT2D eigenvalue weighted by Crippen LogP contribution is 2.28. The van der Waals surface area contributed by atoms with Gasteiger partial charge in [0.05, 0.1) is 26.0 Å². The molecular weight excluding hydrogens is 444 g/mol. The van der Waals surface area contributed by atoms with Crippen molar-refractivity contribution in [1.82, 2.24) is 29.8 Å². The number of carbonyl (C=O) groups excluding carboxylic acids is 1. The Labute approximate surface area is 203 Å². The summed E-state index contributed by atoms with van der Waals surface area (Å²) in [6.45, 7) is 4.83. The van der Waals surface area contributed by atoms with Crippen LogP contribution in [0.15, 0.2) is 54.7 Å². The van der Waals surface area contributed by atoms with Gasteiger partial charge in [0.1, 0.15) is 17.5 Å². The van der Waals surface area contributed by atoms with E-state index in [1.54, 1.807) is 7.11 Å². The highest BCUT2D eigenvalue weighted by molar-refractivity contribution is 6.06. The van der Waals surface area contributed by atoms with Gasteiger partial charge in [0.25, 0.3) is 5.91 Å². The number of methoxy groups -OCH3 is 1. The molecule has 1 atom stereocenters. The molecule has 6 rings (SSSR count). The number of fused-ring (bicyclic) bond motifs is 2. The average molecular weight is 473 g/mol. The second kappa shape index (κ2) is 9.16. The molecule has 9 heteroatoms. The van der Waals surface area contributed by atoms with E-state index in [9.17, 15) is 4.79 Å². The van der Waals surface area contributed by atoms with Crippen molar-refractivity contribution in [3.63, 3.8) is 0 Å². The number of nitrogens with zero attached hydrogens (tertiary/aromatic N) is 5. The lowest BCUT2D eigenvalue weighted by Gasteiger charge is -2.34. The molecule has 0 spiro atoms. The molecule has 1 amide bonds. The summed E-state index contributed by atoms with van der Waals surface area (Å²) in [6.07, 6.45) is 1.82. The first-order chi connectivity index (χ1) is 17.2. The smallest absolute Gasteiger partial charge is 0.254 e. The van der Waals surface area contributed by atoms with E-state index < -0.39 is 0 Å². The molecule has 1 fully saturated rings. The van der Waals surface area contributed by atoms with Crippen LogP contribution in [0.3, 0.4) is 0 Å². The maximum Gasteiger partial charge on any atom is 0.254 e. The Morgan fingerprint density at radius 1 is 1.11 bits per heavy atom. The zero-order valence-electron chi connectivity index (χ0n) is 19.7. The molecule has 0 aliphatic carbocycles. The zero-order chi connectivity index (χ0) is 23.8. The lowest BCUT2D eigenvalue weighted by Crippen LogP contribution is -2.48. The minimum atomic E-state index is -0.0537.